The fourth-order valence-corrected chi connectivity index (χ4v) is 2.74. The molecule has 122 valence electrons. The number of nitrogens with zero attached hydrogens (tertiary/aromatic N) is 2. The maximum Gasteiger partial charge on any atom is 0.250 e. The van der Waals surface area contributed by atoms with Gasteiger partial charge in [-0.05, 0) is 36.8 Å². The van der Waals surface area contributed by atoms with Crippen LogP contribution in [0.4, 0.5) is 4.39 Å². The van der Waals surface area contributed by atoms with E-state index in [4.69, 9.17) is 0 Å². The maximum atomic E-state index is 12.9. The van der Waals surface area contributed by atoms with Gasteiger partial charge in [0.2, 0.25) is 0 Å². The van der Waals surface area contributed by atoms with Crippen molar-refractivity contribution in [3.05, 3.63) is 59.9 Å². The fraction of sp³-hybridized carbons (Fsp3) is 0.118. The molecule has 1 heterocycles. The van der Waals surface area contributed by atoms with Crippen LogP contribution in [0.2, 0.25) is 0 Å². The number of aromatic nitrogens is 2. The average Bonchev–Trinajstić information content (AvgIpc) is 3.01. The smallest absolute Gasteiger partial charge is 0.250 e. The molecule has 0 aliphatic heterocycles. The highest BCUT2D eigenvalue weighted by Gasteiger charge is 2.07. The van der Waals surface area contributed by atoms with Crippen molar-refractivity contribution < 1.29 is 9.18 Å². The first-order chi connectivity index (χ1) is 11.6. The summed E-state index contributed by atoms with van der Waals surface area (Å²) in [7, 11) is 0. The molecule has 2 aromatic carbocycles. The van der Waals surface area contributed by atoms with E-state index in [1.807, 2.05) is 24.3 Å². The molecule has 0 spiro atoms. The second-order valence-corrected chi connectivity index (χ2v) is 6.05. The molecule has 7 heteroatoms. The quantitative estimate of drug-likeness (QED) is 0.424. The molecule has 0 aliphatic carbocycles. The molecule has 0 saturated carbocycles. The molecule has 0 aliphatic rings. The number of carbonyl (C=O) groups is 1. The molecule has 0 radical (unpaired) electrons. The van der Waals surface area contributed by atoms with E-state index in [1.54, 1.807) is 19.1 Å². The lowest BCUT2D eigenvalue weighted by atomic mass is 10.1. The molecule has 0 bridgehead atoms. The Kier molecular flexibility index (Phi) is 4.90. The van der Waals surface area contributed by atoms with Gasteiger partial charge in [-0.15, -0.1) is 0 Å². The Morgan fingerprint density at radius 2 is 2.00 bits per heavy atom. The standard InChI is InChI=1S/C17H15FN4OS/c1-11(12-6-8-13(18)9-7-12)21-22-16(23)10-24-17-19-14-4-2-3-5-15(14)20-17/h2-9H,10H2,1H3,(H,19,20)(H,22,23)/b21-11-. The van der Waals surface area contributed by atoms with Gasteiger partial charge >= 0.3 is 0 Å². The number of benzene rings is 2. The van der Waals surface area contributed by atoms with Gasteiger partial charge in [-0.1, -0.05) is 36.0 Å². The molecule has 0 fully saturated rings. The van der Waals surface area contributed by atoms with Crippen LogP contribution >= 0.6 is 11.8 Å². The molecular weight excluding hydrogens is 327 g/mol. The number of carbonyl (C=O) groups excluding carboxylic acids is 1. The normalized spacial score (nSPS) is 11.7. The van der Waals surface area contributed by atoms with E-state index in [0.717, 1.165) is 16.6 Å². The minimum atomic E-state index is -0.308. The van der Waals surface area contributed by atoms with Crippen LogP contribution in [0.25, 0.3) is 11.0 Å². The molecule has 2 N–H and O–H groups in total. The van der Waals surface area contributed by atoms with Crippen LogP contribution in [0.5, 0.6) is 0 Å². The molecule has 3 rings (SSSR count). The molecule has 0 saturated heterocycles. The van der Waals surface area contributed by atoms with Crippen molar-refractivity contribution in [3.8, 4) is 0 Å². The van der Waals surface area contributed by atoms with Crippen molar-refractivity contribution in [3.63, 3.8) is 0 Å². The lowest BCUT2D eigenvalue weighted by Gasteiger charge is -2.02. The van der Waals surface area contributed by atoms with Gasteiger partial charge in [-0.2, -0.15) is 5.10 Å². The highest BCUT2D eigenvalue weighted by molar-refractivity contribution is 7.99. The number of halogens is 1. The van der Waals surface area contributed by atoms with E-state index in [-0.39, 0.29) is 17.5 Å². The van der Waals surface area contributed by atoms with Crippen LogP contribution < -0.4 is 5.43 Å². The zero-order valence-electron chi connectivity index (χ0n) is 12.9. The molecule has 0 unspecified atom stereocenters. The number of aromatic amines is 1. The minimum Gasteiger partial charge on any atom is -0.333 e. The molecule has 1 amide bonds. The Bertz CT molecular complexity index is 856. The number of fused-ring (bicyclic) bond motifs is 1. The number of hydrazone groups is 1. The summed E-state index contributed by atoms with van der Waals surface area (Å²) in [6, 6.07) is 13.6. The van der Waals surface area contributed by atoms with Crippen LogP contribution in [-0.4, -0.2) is 27.3 Å². The Labute approximate surface area is 142 Å². The lowest BCUT2D eigenvalue weighted by Crippen LogP contribution is -2.21. The summed E-state index contributed by atoms with van der Waals surface area (Å²) in [6.07, 6.45) is 0. The Morgan fingerprint density at radius 3 is 2.75 bits per heavy atom. The summed E-state index contributed by atoms with van der Waals surface area (Å²) < 4.78 is 12.9. The van der Waals surface area contributed by atoms with Gasteiger partial charge in [0.15, 0.2) is 5.16 Å². The van der Waals surface area contributed by atoms with Gasteiger partial charge in [0.25, 0.3) is 5.91 Å². The molecule has 24 heavy (non-hydrogen) atoms. The summed E-state index contributed by atoms with van der Waals surface area (Å²) in [5.41, 5.74) is 5.65. The van der Waals surface area contributed by atoms with Crippen molar-refractivity contribution in [2.75, 3.05) is 5.75 Å². The number of imidazole rings is 1. The van der Waals surface area contributed by atoms with Gasteiger partial charge in [0.05, 0.1) is 22.5 Å². The van der Waals surface area contributed by atoms with Crippen LogP contribution in [0.1, 0.15) is 12.5 Å². The summed E-state index contributed by atoms with van der Waals surface area (Å²) >= 11 is 1.31. The third kappa shape index (κ3) is 3.99. The predicted octanol–water partition coefficient (Wildman–Crippen LogP) is 3.33. The number of rotatable bonds is 5. The molecule has 5 nitrogen and oxygen atoms in total. The van der Waals surface area contributed by atoms with Crippen LogP contribution in [0.15, 0.2) is 58.8 Å². The van der Waals surface area contributed by atoms with Gasteiger partial charge in [0, 0.05) is 0 Å². The first kappa shape index (κ1) is 16.2. The lowest BCUT2D eigenvalue weighted by molar-refractivity contribution is -0.118. The van der Waals surface area contributed by atoms with Gasteiger partial charge < -0.3 is 4.98 Å². The fourth-order valence-electron chi connectivity index (χ4n) is 2.07. The second kappa shape index (κ2) is 7.27. The highest BCUT2D eigenvalue weighted by atomic mass is 32.2. The number of para-hydroxylation sites is 2. The third-order valence-corrected chi connectivity index (χ3v) is 4.19. The number of thioether (sulfide) groups is 1. The number of nitrogens with one attached hydrogen (secondary N) is 2. The van der Waals surface area contributed by atoms with Gasteiger partial charge in [-0.25, -0.2) is 14.8 Å². The van der Waals surface area contributed by atoms with Crippen molar-refractivity contribution in [1.82, 2.24) is 15.4 Å². The van der Waals surface area contributed by atoms with E-state index in [1.165, 1.54) is 23.9 Å². The SMILES string of the molecule is C/C(=N/NC(=O)CSc1nc2ccccc2[nH]1)c1ccc(F)cc1. The first-order valence-electron chi connectivity index (χ1n) is 7.28. The van der Waals surface area contributed by atoms with E-state index in [9.17, 15) is 9.18 Å². The summed E-state index contributed by atoms with van der Waals surface area (Å²) in [6.45, 7) is 1.75. The Hall–Kier alpha value is -2.67. The maximum absolute atomic E-state index is 12.9. The average molecular weight is 342 g/mol. The molecule has 1 aromatic heterocycles. The van der Waals surface area contributed by atoms with E-state index in [0.29, 0.717) is 10.9 Å². The summed E-state index contributed by atoms with van der Waals surface area (Å²) in [5, 5.41) is 4.72. The molecule has 0 atom stereocenters. The van der Waals surface area contributed by atoms with Crippen molar-refractivity contribution in [2.45, 2.75) is 12.1 Å². The monoisotopic (exact) mass is 342 g/mol. The number of amides is 1. The first-order valence-corrected chi connectivity index (χ1v) is 8.27. The Balaban J connectivity index is 1.55. The largest absolute Gasteiger partial charge is 0.333 e. The van der Waals surface area contributed by atoms with E-state index in [2.05, 4.69) is 20.5 Å². The van der Waals surface area contributed by atoms with E-state index < -0.39 is 0 Å². The number of H-pyrrole nitrogens is 1. The van der Waals surface area contributed by atoms with Crippen molar-refractivity contribution >= 4 is 34.4 Å². The zero-order valence-corrected chi connectivity index (χ0v) is 13.7. The van der Waals surface area contributed by atoms with E-state index >= 15 is 0 Å². The number of hydrogen-bond acceptors (Lipinski definition) is 4. The topological polar surface area (TPSA) is 70.1 Å². The molecule has 3 aromatic rings. The predicted molar refractivity (Wildman–Crippen MR) is 93.6 cm³/mol. The van der Waals surface area contributed by atoms with Crippen LogP contribution in [0.3, 0.4) is 0 Å². The van der Waals surface area contributed by atoms with Crippen LogP contribution in [0, 0.1) is 5.82 Å². The van der Waals surface area contributed by atoms with Crippen molar-refractivity contribution in [2.24, 2.45) is 5.10 Å². The van der Waals surface area contributed by atoms with Crippen molar-refractivity contribution in [1.29, 1.82) is 0 Å². The minimum absolute atomic E-state index is 0.194. The third-order valence-electron chi connectivity index (χ3n) is 3.32. The highest BCUT2D eigenvalue weighted by Crippen LogP contribution is 2.18. The summed E-state index contributed by atoms with van der Waals surface area (Å²) in [4.78, 5) is 19.4. The summed E-state index contributed by atoms with van der Waals surface area (Å²) in [5.74, 6) is -0.347. The van der Waals surface area contributed by atoms with Gasteiger partial charge in [0.1, 0.15) is 5.82 Å². The molecular formula is C17H15FN4OS. The Morgan fingerprint density at radius 1 is 1.25 bits per heavy atom. The number of hydrogen-bond donors (Lipinski definition) is 2. The second-order valence-electron chi connectivity index (χ2n) is 5.09. The van der Waals surface area contributed by atoms with Gasteiger partial charge in [-0.3, -0.25) is 4.79 Å². The van der Waals surface area contributed by atoms with Crippen LogP contribution in [-0.2, 0) is 4.79 Å². The zero-order chi connectivity index (χ0) is 16.9.